The molecule has 2 heterocycles. The molecule has 4 nitrogen and oxygen atoms in total. The number of nitrogens with one attached hydrogen (secondary N) is 1. The van der Waals surface area contributed by atoms with Gasteiger partial charge in [-0.25, -0.2) is 13.8 Å². The second kappa shape index (κ2) is 8.59. The molecule has 0 fully saturated rings. The Morgan fingerprint density at radius 1 is 1.06 bits per heavy atom. The van der Waals surface area contributed by atoms with E-state index < -0.39 is 18.3 Å². The van der Waals surface area contributed by atoms with Crippen LogP contribution < -0.4 is 5.32 Å². The highest BCUT2D eigenvalue weighted by molar-refractivity contribution is 7.99. The summed E-state index contributed by atoms with van der Waals surface area (Å²) in [6, 6.07) is 19.0. The highest BCUT2D eigenvalue weighted by atomic mass is 32.2. The number of halogens is 2. The molecule has 1 aliphatic heterocycles. The predicted octanol–water partition coefficient (Wildman–Crippen LogP) is 5.80. The van der Waals surface area contributed by atoms with E-state index in [1.54, 1.807) is 23.9 Å². The van der Waals surface area contributed by atoms with Crippen LogP contribution in [0, 0.1) is 6.92 Å². The molecule has 31 heavy (non-hydrogen) atoms. The Kier molecular flexibility index (Phi) is 5.87. The fraction of sp³-hybridized carbons (Fsp3) is 0.208. The molecule has 0 bridgehead atoms. The number of carbonyl (C=O) groups excluding carboxylic acids is 1. The van der Waals surface area contributed by atoms with Gasteiger partial charge in [-0.2, -0.15) is 0 Å². The number of aryl methyl sites for hydroxylation is 1. The van der Waals surface area contributed by atoms with Gasteiger partial charge >= 0.3 is 0 Å². The van der Waals surface area contributed by atoms with Crippen LogP contribution >= 0.6 is 11.8 Å². The van der Waals surface area contributed by atoms with Gasteiger partial charge in [0.15, 0.2) is 0 Å². The number of amides is 1. The Morgan fingerprint density at radius 3 is 2.65 bits per heavy atom. The molecule has 1 aliphatic rings. The largest absolute Gasteiger partial charge is 0.352 e. The molecule has 3 aromatic rings. The zero-order valence-corrected chi connectivity index (χ0v) is 18.0. The Bertz CT molecular complexity index is 1170. The van der Waals surface area contributed by atoms with E-state index in [-0.39, 0.29) is 6.54 Å². The lowest BCUT2D eigenvalue weighted by atomic mass is 10.1. The molecule has 0 spiro atoms. The molecule has 0 radical (unpaired) electrons. The summed E-state index contributed by atoms with van der Waals surface area (Å²) in [5, 5.41) is 2.56. The van der Waals surface area contributed by atoms with Gasteiger partial charge in [0.25, 0.3) is 5.91 Å². The van der Waals surface area contributed by atoms with Gasteiger partial charge in [0.05, 0.1) is 17.1 Å². The number of pyridine rings is 1. The molecule has 1 N–H and O–H groups in total. The van der Waals surface area contributed by atoms with Crippen molar-refractivity contribution >= 4 is 29.1 Å². The minimum absolute atomic E-state index is 0.0959. The summed E-state index contributed by atoms with van der Waals surface area (Å²) < 4.78 is 26.1. The number of aromatic nitrogens is 1. The summed E-state index contributed by atoms with van der Waals surface area (Å²) in [7, 11) is 0. The van der Waals surface area contributed by atoms with Gasteiger partial charge in [-0.1, -0.05) is 36.0 Å². The monoisotopic (exact) mass is 437 g/mol. The molecule has 0 aliphatic carbocycles. The van der Waals surface area contributed by atoms with E-state index in [1.165, 1.54) is 0 Å². The molecule has 0 unspecified atom stereocenters. The summed E-state index contributed by atoms with van der Waals surface area (Å²) in [5.41, 5.74) is 4.36. The summed E-state index contributed by atoms with van der Waals surface area (Å²) >= 11 is 1.57. The van der Waals surface area contributed by atoms with Gasteiger partial charge in [0.1, 0.15) is 0 Å². The van der Waals surface area contributed by atoms with Crippen molar-refractivity contribution in [1.29, 1.82) is 0 Å². The number of nitrogens with zero attached hydrogens (tertiary/aromatic N) is 2. The van der Waals surface area contributed by atoms with E-state index in [1.807, 2.05) is 55.5 Å². The zero-order chi connectivity index (χ0) is 22.0. The standard InChI is InChI=1S/C24H21F2N3OS/c1-15-6-5-8-18(28-15)22-17-7-3-4-9-20(17)31-21-11-10-16(14-19(21)29-22)23(30)27-13-12-24(2,25)26/h3-11,14H,12-13H2,1-2H3,(H,27,30). The number of rotatable bonds is 5. The van der Waals surface area contributed by atoms with Crippen molar-refractivity contribution in [2.75, 3.05) is 6.54 Å². The average Bonchev–Trinajstić information content (AvgIpc) is 2.89. The van der Waals surface area contributed by atoms with Crippen molar-refractivity contribution in [3.05, 3.63) is 83.2 Å². The molecule has 7 heteroatoms. The molecule has 1 amide bonds. The first-order valence-corrected chi connectivity index (χ1v) is 10.7. The van der Waals surface area contributed by atoms with E-state index in [9.17, 15) is 13.6 Å². The molecule has 2 aromatic carbocycles. The maximum Gasteiger partial charge on any atom is 0.251 e. The zero-order valence-electron chi connectivity index (χ0n) is 17.2. The lowest BCUT2D eigenvalue weighted by Gasteiger charge is -2.11. The predicted molar refractivity (Wildman–Crippen MR) is 119 cm³/mol. The number of hydrogen-bond acceptors (Lipinski definition) is 4. The normalized spacial score (nSPS) is 13.0. The van der Waals surface area contributed by atoms with Gasteiger partial charge in [0, 0.05) is 39.6 Å². The first-order valence-electron chi connectivity index (χ1n) is 9.90. The van der Waals surface area contributed by atoms with Gasteiger partial charge in [-0.15, -0.1) is 0 Å². The Balaban J connectivity index is 1.72. The minimum atomic E-state index is -2.82. The quantitative estimate of drug-likeness (QED) is 0.429. The molecule has 0 saturated heterocycles. The summed E-state index contributed by atoms with van der Waals surface area (Å²) in [5.74, 6) is -3.21. The van der Waals surface area contributed by atoms with Crippen LogP contribution in [0.25, 0.3) is 0 Å². The molecule has 0 atom stereocenters. The summed E-state index contributed by atoms with van der Waals surface area (Å²) in [6.07, 6.45) is -0.407. The second-order valence-electron chi connectivity index (χ2n) is 7.48. The van der Waals surface area contributed by atoms with Gasteiger partial charge in [0.2, 0.25) is 5.92 Å². The van der Waals surface area contributed by atoms with E-state index in [4.69, 9.17) is 4.99 Å². The maximum absolute atomic E-state index is 13.0. The van der Waals surface area contributed by atoms with Crippen LogP contribution in [0.1, 0.15) is 40.7 Å². The summed E-state index contributed by atoms with van der Waals surface area (Å²) in [6.45, 7) is 2.67. The topological polar surface area (TPSA) is 54.4 Å². The molecule has 158 valence electrons. The smallest absolute Gasteiger partial charge is 0.251 e. The van der Waals surface area contributed by atoms with Gasteiger partial charge < -0.3 is 5.32 Å². The Morgan fingerprint density at radius 2 is 1.87 bits per heavy atom. The number of benzene rings is 2. The lowest BCUT2D eigenvalue weighted by molar-refractivity contribution is 0.0137. The van der Waals surface area contributed by atoms with Crippen LogP contribution in [0.2, 0.25) is 0 Å². The van der Waals surface area contributed by atoms with Gasteiger partial charge in [-0.05, 0) is 50.2 Å². The second-order valence-corrected chi connectivity index (χ2v) is 8.57. The highest BCUT2D eigenvalue weighted by Crippen LogP contribution is 2.41. The van der Waals surface area contributed by atoms with E-state index >= 15 is 0 Å². The van der Waals surface area contributed by atoms with Crippen molar-refractivity contribution in [3.8, 4) is 0 Å². The maximum atomic E-state index is 13.0. The van der Waals surface area contributed by atoms with Crippen molar-refractivity contribution in [3.63, 3.8) is 0 Å². The van der Waals surface area contributed by atoms with E-state index in [0.29, 0.717) is 11.3 Å². The Labute approximate surface area is 183 Å². The third kappa shape index (κ3) is 4.99. The van der Waals surface area contributed by atoms with Crippen molar-refractivity contribution < 1.29 is 13.6 Å². The number of fused-ring (bicyclic) bond motifs is 2. The number of alkyl halides is 2. The number of aliphatic imine (C=N–C) groups is 1. The van der Waals surface area contributed by atoms with Crippen LogP contribution in [-0.4, -0.2) is 29.1 Å². The lowest BCUT2D eigenvalue weighted by Crippen LogP contribution is -2.28. The summed E-state index contributed by atoms with van der Waals surface area (Å²) in [4.78, 5) is 24.0. The molecule has 0 saturated carbocycles. The van der Waals surface area contributed by atoms with Gasteiger partial charge in [-0.3, -0.25) is 9.78 Å². The highest BCUT2D eigenvalue weighted by Gasteiger charge is 2.22. The molecule has 4 rings (SSSR count). The minimum Gasteiger partial charge on any atom is -0.352 e. The molecular formula is C24H21F2N3OS. The van der Waals surface area contributed by atoms with E-state index in [2.05, 4.69) is 10.3 Å². The third-order valence-corrected chi connectivity index (χ3v) is 5.94. The first kappa shape index (κ1) is 21.2. The van der Waals surface area contributed by atoms with Crippen LogP contribution in [0.3, 0.4) is 0 Å². The van der Waals surface area contributed by atoms with Crippen LogP contribution in [-0.2, 0) is 0 Å². The molecule has 1 aromatic heterocycles. The van der Waals surface area contributed by atoms with Crippen molar-refractivity contribution in [2.24, 2.45) is 4.99 Å². The van der Waals surface area contributed by atoms with Crippen LogP contribution in [0.5, 0.6) is 0 Å². The number of carbonyl (C=O) groups is 1. The van der Waals surface area contributed by atoms with Crippen molar-refractivity contribution in [2.45, 2.75) is 36.0 Å². The fourth-order valence-electron chi connectivity index (χ4n) is 3.25. The average molecular weight is 438 g/mol. The number of hydrogen-bond donors (Lipinski definition) is 1. The SMILES string of the molecule is Cc1cccc(C2=Nc3cc(C(=O)NCCC(C)(F)F)ccc3Sc3ccccc32)n1. The molecular weight excluding hydrogens is 416 g/mol. The van der Waals surface area contributed by atoms with Crippen molar-refractivity contribution in [1.82, 2.24) is 10.3 Å². The van der Waals surface area contributed by atoms with Crippen LogP contribution in [0.15, 0.2) is 75.4 Å². The first-order chi connectivity index (χ1) is 14.8. The Hall–Kier alpha value is -3.06. The fourth-order valence-corrected chi connectivity index (χ4v) is 4.25. The van der Waals surface area contributed by atoms with Crippen LogP contribution in [0.4, 0.5) is 14.5 Å². The van der Waals surface area contributed by atoms with E-state index in [0.717, 1.165) is 39.4 Å². The third-order valence-electron chi connectivity index (χ3n) is 4.80.